The van der Waals surface area contributed by atoms with E-state index in [-0.39, 0.29) is 11.8 Å². The van der Waals surface area contributed by atoms with Crippen LogP contribution in [0, 0.1) is 0 Å². The van der Waals surface area contributed by atoms with E-state index in [0.717, 1.165) is 12.0 Å². The van der Waals surface area contributed by atoms with Gasteiger partial charge in [0.1, 0.15) is 0 Å². The number of ketones is 1. The monoisotopic (exact) mass is 371 g/mol. The van der Waals surface area contributed by atoms with Crippen LogP contribution in [0.5, 0.6) is 0 Å². The van der Waals surface area contributed by atoms with E-state index in [4.69, 9.17) is 22.1 Å². The van der Waals surface area contributed by atoms with Crippen LogP contribution in [0.1, 0.15) is 24.8 Å². The summed E-state index contributed by atoms with van der Waals surface area (Å²) in [6, 6.07) is 7.06. The molecular formula is C15H16ClN2O2Se. The summed E-state index contributed by atoms with van der Waals surface area (Å²) in [7, 11) is 0. The number of hydrogen-bond donors (Lipinski definition) is 1. The number of fused-ring (bicyclic) bond motifs is 2. The van der Waals surface area contributed by atoms with Crippen molar-refractivity contribution in [2.24, 2.45) is 10.7 Å². The summed E-state index contributed by atoms with van der Waals surface area (Å²) < 4.78 is 5.72. The van der Waals surface area contributed by atoms with Gasteiger partial charge >= 0.3 is 137 Å². The van der Waals surface area contributed by atoms with Crippen molar-refractivity contribution < 1.29 is 9.53 Å². The Morgan fingerprint density at radius 2 is 2.29 bits per heavy atom. The zero-order valence-electron chi connectivity index (χ0n) is 11.4. The van der Waals surface area contributed by atoms with E-state index in [0.29, 0.717) is 29.1 Å². The quantitative estimate of drug-likeness (QED) is 0.828. The Labute approximate surface area is 136 Å². The number of halogens is 1. The van der Waals surface area contributed by atoms with Crippen LogP contribution < -0.4 is 5.73 Å². The number of ether oxygens (including phenoxy) is 1. The Bertz CT molecular complexity index is 607. The van der Waals surface area contributed by atoms with Gasteiger partial charge in [0.2, 0.25) is 0 Å². The Balaban J connectivity index is 2.16. The average Bonchev–Trinajstić information content (AvgIpc) is 2.47. The maximum atomic E-state index is 12.8. The summed E-state index contributed by atoms with van der Waals surface area (Å²) >= 11 is 9.21. The van der Waals surface area contributed by atoms with Crippen molar-refractivity contribution in [2.45, 2.75) is 42.3 Å². The van der Waals surface area contributed by atoms with Crippen molar-refractivity contribution in [1.82, 2.24) is 0 Å². The van der Waals surface area contributed by atoms with Crippen LogP contribution in [0.4, 0.5) is 0 Å². The maximum absolute atomic E-state index is 12.8. The fraction of sp³-hybridized carbons (Fsp3) is 0.467. The number of rotatable bonds is 3. The van der Waals surface area contributed by atoms with Crippen LogP contribution in [-0.4, -0.2) is 39.8 Å². The van der Waals surface area contributed by atoms with Crippen molar-refractivity contribution >= 4 is 39.3 Å². The van der Waals surface area contributed by atoms with E-state index < -0.39 is 11.6 Å². The van der Waals surface area contributed by atoms with Gasteiger partial charge in [-0.2, -0.15) is 0 Å². The van der Waals surface area contributed by atoms with Gasteiger partial charge in [-0.3, -0.25) is 0 Å². The number of nitrogens with zero attached hydrogens (tertiary/aromatic N) is 1. The molecule has 1 heterocycles. The van der Waals surface area contributed by atoms with Gasteiger partial charge in [0.25, 0.3) is 0 Å². The summed E-state index contributed by atoms with van der Waals surface area (Å²) in [6.45, 7) is 0. The second-order valence-electron chi connectivity index (χ2n) is 5.43. The first kappa shape index (κ1) is 15.0. The molecular weight excluding hydrogens is 355 g/mol. The number of Topliss-reactive ketones (excluding diaryl/α,β-unsaturated/α-hetero) is 1. The first-order valence-corrected chi connectivity index (χ1v) is 8.57. The summed E-state index contributed by atoms with van der Waals surface area (Å²) in [5.41, 5.74) is 5.87. The zero-order valence-corrected chi connectivity index (χ0v) is 13.9. The minimum atomic E-state index is -0.929. The third-order valence-corrected chi connectivity index (χ3v) is 5.17. The second kappa shape index (κ2) is 5.73. The predicted octanol–water partition coefficient (Wildman–Crippen LogP) is 2.00. The van der Waals surface area contributed by atoms with E-state index in [2.05, 4.69) is 21.0 Å². The minimum absolute atomic E-state index is 0.00196. The van der Waals surface area contributed by atoms with Crippen LogP contribution in [0.2, 0.25) is 10.3 Å². The molecule has 0 spiro atoms. The Hall–Kier alpha value is -0.871. The van der Waals surface area contributed by atoms with Gasteiger partial charge < -0.3 is 0 Å². The molecule has 1 radical (unpaired) electrons. The SMILES string of the molecule is NC(C[Se])C1=NC2(c3ccccc3Cl)CCCC(O1)C2=O. The van der Waals surface area contributed by atoms with E-state index in [1.165, 1.54) is 0 Å². The first-order valence-electron chi connectivity index (χ1n) is 6.98. The number of carbonyl (C=O) groups is 1. The van der Waals surface area contributed by atoms with Crippen LogP contribution in [0.25, 0.3) is 0 Å². The van der Waals surface area contributed by atoms with Crippen LogP contribution in [0.15, 0.2) is 29.3 Å². The van der Waals surface area contributed by atoms with E-state index in [9.17, 15) is 4.79 Å². The number of aliphatic imine (C=N–C) groups is 1. The van der Waals surface area contributed by atoms with E-state index >= 15 is 0 Å². The Morgan fingerprint density at radius 1 is 1.52 bits per heavy atom. The molecule has 3 unspecified atom stereocenters. The molecule has 1 aromatic carbocycles. The number of benzene rings is 1. The van der Waals surface area contributed by atoms with Gasteiger partial charge in [0.05, 0.1) is 0 Å². The molecule has 0 amide bonds. The topological polar surface area (TPSA) is 64.7 Å². The molecule has 2 bridgehead atoms. The molecule has 1 aliphatic carbocycles. The standard InChI is InChI=1S/C15H16ClN2O2Se/c16-10-5-2-1-4-9(10)15-7-3-6-12(13(15)19)20-14(18-15)11(17)8-21/h1-2,4-5,11-12H,3,6-8,17H2. The molecule has 21 heavy (non-hydrogen) atoms. The fourth-order valence-corrected chi connectivity index (χ4v) is 3.60. The fourth-order valence-electron chi connectivity index (χ4n) is 3.01. The molecule has 1 fully saturated rings. The molecule has 4 nitrogen and oxygen atoms in total. The molecule has 3 rings (SSSR count). The molecule has 0 aromatic heterocycles. The molecule has 6 heteroatoms. The van der Waals surface area contributed by atoms with Crippen molar-refractivity contribution in [3.63, 3.8) is 0 Å². The van der Waals surface area contributed by atoms with Crippen LogP contribution >= 0.6 is 11.6 Å². The second-order valence-corrected chi connectivity index (χ2v) is 6.53. The van der Waals surface area contributed by atoms with Gasteiger partial charge in [-0.15, -0.1) is 0 Å². The normalized spacial score (nSPS) is 29.6. The number of carbonyl (C=O) groups excluding carboxylic acids is 1. The van der Waals surface area contributed by atoms with E-state index in [1.807, 2.05) is 18.2 Å². The Morgan fingerprint density at radius 3 is 3.00 bits per heavy atom. The van der Waals surface area contributed by atoms with Crippen LogP contribution in [0.3, 0.4) is 0 Å². The average molecular weight is 371 g/mol. The molecule has 3 atom stereocenters. The number of hydrogen-bond acceptors (Lipinski definition) is 4. The molecule has 1 aliphatic heterocycles. The van der Waals surface area contributed by atoms with Gasteiger partial charge in [0, 0.05) is 0 Å². The van der Waals surface area contributed by atoms with Crippen molar-refractivity contribution in [3.05, 3.63) is 34.9 Å². The molecule has 1 aromatic rings. The molecule has 111 valence electrons. The predicted molar refractivity (Wildman–Crippen MR) is 82.8 cm³/mol. The molecule has 2 aliphatic rings. The zero-order chi connectivity index (χ0) is 15.0. The summed E-state index contributed by atoms with van der Waals surface area (Å²) in [4.78, 5) is 17.4. The third-order valence-electron chi connectivity index (χ3n) is 4.09. The number of nitrogens with two attached hydrogens (primary N) is 1. The van der Waals surface area contributed by atoms with E-state index in [1.54, 1.807) is 6.07 Å². The summed E-state index contributed by atoms with van der Waals surface area (Å²) in [5.74, 6) is 0.454. The van der Waals surface area contributed by atoms with Gasteiger partial charge in [-0.1, -0.05) is 0 Å². The third kappa shape index (κ3) is 2.42. The molecule has 2 N–H and O–H groups in total. The summed E-state index contributed by atoms with van der Waals surface area (Å²) in [6.07, 6.45) is 1.79. The molecule has 0 saturated heterocycles. The first-order chi connectivity index (χ1) is 10.1. The van der Waals surface area contributed by atoms with Crippen molar-refractivity contribution in [3.8, 4) is 0 Å². The van der Waals surface area contributed by atoms with Crippen molar-refractivity contribution in [1.29, 1.82) is 0 Å². The van der Waals surface area contributed by atoms with Crippen LogP contribution in [-0.2, 0) is 15.1 Å². The van der Waals surface area contributed by atoms with Gasteiger partial charge in [-0.05, 0) is 0 Å². The Kier molecular flexibility index (Phi) is 4.10. The van der Waals surface area contributed by atoms with Gasteiger partial charge in [-0.25, -0.2) is 0 Å². The molecule has 1 saturated carbocycles. The van der Waals surface area contributed by atoms with Gasteiger partial charge in [0.15, 0.2) is 0 Å². The van der Waals surface area contributed by atoms with Crippen molar-refractivity contribution in [2.75, 3.05) is 0 Å². The summed E-state index contributed by atoms with van der Waals surface area (Å²) in [5, 5.41) is 1.16.